The van der Waals surface area contributed by atoms with Crippen LogP contribution in [0.1, 0.15) is 11.1 Å². The molecule has 0 saturated carbocycles. The second kappa shape index (κ2) is 5.84. The Balaban J connectivity index is 1.98. The van der Waals surface area contributed by atoms with Crippen molar-refractivity contribution in [2.24, 2.45) is 0 Å². The molecular weight excluding hydrogens is 308 g/mol. The first-order valence-corrected chi connectivity index (χ1v) is 7.07. The standard InChI is InChI=1S/C17H10Cl2FN/c18-14-6-5-12-9-13(17(19)21-16(12)10-14)4-1-11-2-7-15(20)8-3-11/h1-10H/b4-1-. The van der Waals surface area contributed by atoms with Gasteiger partial charge in [0.15, 0.2) is 0 Å². The zero-order chi connectivity index (χ0) is 14.8. The van der Waals surface area contributed by atoms with Crippen molar-refractivity contribution in [3.05, 3.63) is 75.7 Å². The zero-order valence-electron chi connectivity index (χ0n) is 10.9. The van der Waals surface area contributed by atoms with Gasteiger partial charge in [-0.2, -0.15) is 0 Å². The van der Waals surface area contributed by atoms with E-state index in [4.69, 9.17) is 23.2 Å². The molecule has 104 valence electrons. The van der Waals surface area contributed by atoms with E-state index < -0.39 is 0 Å². The highest BCUT2D eigenvalue weighted by Crippen LogP contribution is 2.24. The van der Waals surface area contributed by atoms with Crippen LogP contribution in [0.2, 0.25) is 10.2 Å². The second-order valence-corrected chi connectivity index (χ2v) is 5.38. The highest BCUT2D eigenvalue weighted by Gasteiger charge is 2.03. The van der Waals surface area contributed by atoms with Gasteiger partial charge in [0, 0.05) is 16.0 Å². The fourth-order valence-electron chi connectivity index (χ4n) is 2.01. The lowest BCUT2D eigenvalue weighted by molar-refractivity contribution is 0.628. The molecule has 0 saturated heterocycles. The van der Waals surface area contributed by atoms with Crippen LogP contribution in [0, 0.1) is 5.82 Å². The van der Waals surface area contributed by atoms with Crippen LogP contribution >= 0.6 is 23.2 Å². The molecule has 1 nitrogen and oxygen atoms in total. The molecule has 0 fully saturated rings. The van der Waals surface area contributed by atoms with Crippen molar-refractivity contribution in [1.29, 1.82) is 0 Å². The summed E-state index contributed by atoms with van der Waals surface area (Å²) in [4.78, 5) is 4.33. The second-order valence-electron chi connectivity index (χ2n) is 4.59. The molecule has 1 aromatic heterocycles. The highest BCUT2D eigenvalue weighted by atomic mass is 35.5. The summed E-state index contributed by atoms with van der Waals surface area (Å²) in [5, 5.41) is 1.99. The largest absolute Gasteiger partial charge is 0.235 e. The maximum atomic E-state index is 12.9. The molecule has 0 spiro atoms. The number of pyridine rings is 1. The molecule has 1 heterocycles. The quantitative estimate of drug-likeness (QED) is 0.540. The third-order valence-electron chi connectivity index (χ3n) is 3.09. The van der Waals surface area contributed by atoms with E-state index in [1.54, 1.807) is 18.2 Å². The lowest BCUT2D eigenvalue weighted by Gasteiger charge is -2.03. The Bertz CT molecular complexity index is 826. The van der Waals surface area contributed by atoms with Crippen LogP contribution in [0.4, 0.5) is 4.39 Å². The van der Waals surface area contributed by atoms with Gasteiger partial charge in [-0.05, 0) is 35.9 Å². The Morgan fingerprint density at radius 2 is 1.67 bits per heavy atom. The van der Waals surface area contributed by atoms with E-state index in [9.17, 15) is 4.39 Å². The topological polar surface area (TPSA) is 12.9 Å². The lowest BCUT2D eigenvalue weighted by Crippen LogP contribution is -1.85. The minimum absolute atomic E-state index is 0.255. The molecule has 0 bridgehead atoms. The average molecular weight is 318 g/mol. The van der Waals surface area contributed by atoms with Gasteiger partial charge in [0.2, 0.25) is 0 Å². The first-order valence-electron chi connectivity index (χ1n) is 6.31. The molecular formula is C17H10Cl2FN. The molecule has 2 aromatic carbocycles. The van der Waals surface area contributed by atoms with E-state index in [-0.39, 0.29) is 5.82 Å². The number of hydrogen-bond acceptors (Lipinski definition) is 1. The van der Waals surface area contributed by atoms with Gasteiger partial charge in [-0.1, -0.05) is 53.6 Å². The minimum atomic E-state index is -0.255. The number of benzene rings is 2. The number of aromatic nitrogens is 1. The molecule has 3 aromatic rings. The van der Waals surface area contributed by atoms with Crippen molar-refractivity contribution in [3.8, 4) is 0 Å². The van der Waals surface area contributed by atoms with Crippen LogP contribution in [-0.2, 0) is 0 Å². The Labute approximate surface area is 131 Å². The predicted octanol–water partition coefficient (Wildman–Crippen LogP) is 5.85. The van der Waals surface area contributed by atoms with E-state index in [0.29, 0.717) is 10.2 Å². The lowest BCUT2D eigenvalue weighted by atomic mass is 10.1. The molecule has 0 amide bonds. The van der Waals surface area contributed by atoms with Crippen molar-refractivity contribution in [2.45, 2.75) is 0 Å². The van der Waals surface area contributed by atoms with Crippen LogP contribution in [0.5, 0.6) is 0 Å². The Hall–Kier alpha value is -1.90. The van der Waals surface area contributed by atoms with Gasteiger partial charge in [-0.25, -0.2) is 9.37 Å². The highest BCUT2D eigenvalue weighted by molar-refractivity contribution is 6.32. The van der Waals surface area contributed by atoms with Gasteiger partial charge in [0.1, 0.15) is 11.0 Å². The fourth-order valence-corrected chi connectivity index (χ4v) is 2.38. The van der Waals surface area contributed by atoms with Crippen molar-refractivity contribution in [3.63, 3.8) is 0 Å². The Morgan fingerprint density at radius 3 is 2.43 bits per heavy atom. The molecule has 0 aliphatic carbocycles. The number of hydrogen-bond donors (Lipinski definition) is 0. The first kappa shape index (κ1) is 14.1. The normalized spacial score (nSPS) is 11.4. The minimum Gasteiger partial charge on any atom is -0.235 e. The van der Waals surface area contributed by atoms with Crippen molar-refractivity contribution in [2.75, 3.05) is 0 Å². The molecule has 0 aliphatic rings. The van der Waals surface area contributed by atoms with Crippen LogP contribution < -0.4 is 0 Å². The van der Waals surface area contributed by atoms with E-state index in [2.05, 4.69) is 4.98 Å². The molecule has 21 heavy (non-hydrogen) atoms. The maximum Gasteiger partial charge on any atom is 0.136 e. The maximum absolute atomic E-state index is 12.9. The van der Waals surface area contributed by atoms with Crippen molar-refractivity contribution in [1.82, 2.24) is 4.98 Å². The molecule has 0 radical (unpaired) electrons. The summed E-state index contributed by atoms with van der Waals surface area (Å²) in [6.45, 7) is 0. The third-order valence-corrected chi connectivity index (χ3v) is 3.62. The van der Waals surface area contributed by atoms with E-state index in [1.165, 1.54) is 12.1 Å². The summed E-state index contributed by atoms with van der Waals surface area (Å²) in [7, 11) is 0. The van der Waals surface area contributed by atoms with Gasteiger partial charge in [0.25, 0.3) is 0 Å². The van der Waals surface area contributed by atoms with E-state index in [1.807, 2.05) is 30.4 Å². The molecule has 0 atom stereocenters. The summed E-state index contributed by atoms with van der Waals surface area (Å²) >= 11 is 12.1. The van der Waals surface area contributed by atoms with Crippen LogP contribution in [0.25, 0.3) is 23.1 Å². The molecule has 0 N–H and O–H groups in total. The summed E-state index contributed by atoms with van der Waals surface area (Å²) in [6.07, 6.45) is 3.72. The average Bonchev–Trinajstić information content (AvgIpc) is 2.47. The van der Waals surface area contributed by atoms with Gasteiger partial charge in [-0.3, -0.25) is 0 Å². The van der Waals surface area contributed by atoms with E-state index >= 15 is 0 Å². The van der Waals surface area contributed by atoms with Crippen LogP contribution in [0.15, 0.2) is 48.5 Å². The number of rotatable bonds is 2. The zero-order valence-corrected chi connectivity index (χ0v) is 12.4. The first-order chi connectivity index (χ1) is 10.1. The smallest absolute Gasteiger partial charge is 0.136 e. The fraction of sp³-hybridized carbons (Fsp3) is 0. The molecule has 0 unspecified atom stereocenters. The SMILES string of the molecule is Fc1ccc(/C=C\c2cc3ccc(Cl)cc3nc2Cl)cc1. The van der Waals surface area contributed by atoms with Crippen molar-refractivity contribution < 1.29 is 4.39 Å². The Kier molecular flexibility index (Phi) is 3.91. The summed E-state index contributed by atoms with van der Waals surface area (Å²) in [5.74, 6) is -0.255. The summed E-state index contributed by atoms with van der Waals surface area (Å²) in [6, 6.07) is 13.7. The predicted molar refractivity (Wildman–Crippen MR) is 87.1 cm³/mol. The van der Waals surface area contributed by atoms with Crippen LogP contribution in [0.3, 0.4) is 0 Å². The van der Waals surface area contributed by atoms with Gasteiger partial charge >= 0.3 is 0 Å². The van der Waals surface area contributed by atoms with E-state index in [0.717, 1.165) is 22.0 Å². The number of fused-ring (bicyclic) bond motifs is 1. The van der Waals surface area contributed by atoms with Crippen molar-refractivity contribution >= 4 is 46.3 Å². The molecule has 3 rings (SSSR count). The number of halogens is 3. The van der Waals surface area contributed by atoms with Gasteiger partial charge < -0.3 is 0 Å². The van der Waals surface area contributed by atoms with Gasteiger partial charge in [0.05, 0.1) is 5.52 Å². The summed E-state index contributed by atoms with van der Waals surface area (Å²) < 4.78 is 12.9. The molecule has 4 heteroatoms. The Morgan fingerprint density at radius 1 is 0.905 bits per heavy atom. The third kappa shape index (κ3) is 3.23. The monoisotopic (exact) mass is 317 g/mol. The van der Waals surface area contributed by atoms with Gasteiger partial charge in [-0.15, -0.1) is 0 Å². The molecule has 0 aliphatic heterocycles. The summed E-state index contributed by atoms with van der Waals surface area (Å²) in [5.41, 5.74) is 2.45. The van der Waals surface area contributed by atoms with Crippen LogP contribution in [-0.4, -0.2) is 4.98 Å². The number of nitrogens with zero attached hydrogens (tertiary/aromatic N) is 1.